The predicted octanol–water partition coefficient (Wildman–Crippen LogP) is 3.01. The molecule has 4 nitrogen and oxygen atoms in total. The van der Waals surface area contributed by atoms with Crippen molar-refractivity contribution in [1.82, 2.24) is 5.32 Å². The lowest BCUT2D eigenvalue weighted by Gasteiger charge is -2.20. The molecule has 0 spiro atoms. The van der Waals surface area contributed by atoms with Gasteiger partial charge in [0, 0.05) is 7.05 Å². The molecular formula is C17H25NO3. The Kier molecular flexibility index (Phi) is 5.94. The van der Waals surface area contributed by atoms with E-state index in [2.05, 4.69) is 33.0 Å². The van der Waals surface area contributed by atoms with Crippen LogP contribution in [0.4, 0.5) is 0 Å². The fourth-order valence-corrected chi connectivity index (χ4v) is 2.44. The molecule has 0 aromatic heterocycles. The Bertz CT molecular complexity index is 504. The minimum absolute atomic E-state index is 0.0235. The fraction of sp³-hybridized carbons (Fsp3) is 0.529. The van der Waals surface area contributed by atoms with Crippen molar-refractivity contribution in [3.05, 3.63) is 34.4 Å². The molecule has 0 radical (unpaired) electrons. The number of benzene rings is 1. The summed E-state index contributed by atoms with van der Waals surface area (Å²) in [6.07, 6.45) is 0.332. The third kappa shape index (κ3) is 4.06. The Morgan fingerprint density at radius 1 is 1.10 bits per heavy atom. The maximum Gasteiger partial charge on any atom is 0.337 e. The lowest BCUT2D eigenvalue weighted by atomic mass is 9.85. The predicted molar refractivity (Wildman–Crippen MR) is 83.7 cm³/mol. The second kappa shape index (κ2) is 7.25. The topological polar surface area (TPSA) is 55.4 Å². The quantitative estimate of drug-likeness (QED) is 0.848. The number of likely N-dealkylation sites (N-methyl/N-ethyl adjacent to an activating group) is 1. The van der Waals surface area contributed by atoms with E-state index in [1.807, 2.05) is 12.1 Å². The summed E-state index contributed by atoms with van der Waals surface area (Å²) in [7, 11) is 3.01. The monoisotopic (exact) mass is 291 g/mol. The van der Waals surface area contributed by atoms with Crippen LogP contribution in [-0.2, 0) is 16.0 Å². The zero-order chi connectivity index (χ0) is 16.2. The average molecular weight is 291 g/mol. The maximum absolute atomic E-state index is 11.9. The molecule has 1 aromatic carbocycles. The van der Waals surface area contributed by atoms with E-state index in [1.165, 1.54) is 7.11 Å². The summed E-state index contributed by atoms with van der Waals surface area (Å²) in [5.74, 6) is 0.0911. The van der Waals surface area contributed by atoms with Crippen molar-refractivity contribution in [3.8, 4) is 0 Å². The zero-order valence-electron chi connectivity index (χ0n) is 13.7. The summed E-state index contributed by atoms with van der Waals surface area (Å²) in [4.78, 5) is 23.7. The number of hydrogen-bond acceptors (Lipinski definition) is 3. The van der Waals surface area contributed by atoms with Crippen LogP contribution in [0.2, 0.25) is 0 Å². The molecule has 0 fully saturated rings. The molecule has 1 amide bonds. The maximum atomic E-state index is 11.9. The molecule has 1 aromatic rings. The lowest BCUT2D eigenvalue weighted by Crippen LogP contribution is -2.22. The number of hydrogen-bond donors (Lipinski definition) is 1. The SMILES string of the molecule is CNC(=O)Cc1c(C(C)C)cc(C(=O)OC)cc1C(C)C. The van der Waals surface area contributed by atoms with Crippen LogP contribution in [-0.4, -0.2) is 26.0 Å². The van der Waals surface area contributed by atoms with Crippen molar-refractivity contribution in [2.75, 3.05) is 14.2 Å². The van der Waals surface area contributed by atoms with E-state index in [0.29, 0.717) is 12.0 Å². The molecule has 0 heterocycles. The number of ether oxygens (including phenoxy) is 1. The van der Waals surface area contributed by atoms with Crippen molar-refractivity contribution < 1.29 is 14.3 Å². The van der Waals surface area contributed by atoms with Crippen LogP contribution in [0.1, 0.15) is 66.6 Å². The lowest BCUT2D eigenvalue weighted by molar-refractivity contribution is -0.119. The first-order valence-electron chi connectivity index (χ1n) is 7.27. The molecule has 0 aliphatic heterocycles. The van der Waals surface area contributed by atoms with Gasteiger partial charge in [-0.3, -0.25) is 4.79 Å². The summed E-state index contributed by atoms with van der Waals surface area (Å²) < 4.78 is 4.83. The molecule has 0 saturated carbocycles. The molecule has 0 bridgehead atoms. The van der Waals surface area contributed by atoms with Crippen molar-refractivity contribution in [2.24, 2.45) is 0 Å². The smallest absolute Gasteiger partial charge is 0.337 e. The highest BCUT2D eigenvalue weighted by atomic mass is 16.5. The van der Waals surface area contributed by atoms with Crippen molar-refractivity contribution in [2.45, 2.75) is 46.0 Å². The number of esters is 1. The van der Waals surface area contributed by atoms with E-state index in [0.717, 1.165) is 16.7 Å². The average Bonchev–Trinajstić information content (AvgIpc) is 2.45. The van der Waals surface area contributed by atoms with Crippen LogP contribution in [0, 0.1) is 0 Å². The Morgan fingerprint density at radius 3 is 1.90 bits per heavy atom. The molecule has 0 unspecified atom stereocenters. The van der Waals surface area contributed by atoms with Gasteiger partial charge >= 0.3 is 5.97 Å². The van der Waals surface area contributed by atoms with Gasteiger partial charge in [-0.15, -0.1) is 0 Å². The van der Waals surface area contributed by atoms with Crippen LogP contribution in [0.5, 0.6) is 0 Å². The highest BCUT2D eigenvalue weighted by Crippen LogP contribution is 2.30. The first-order valence-corrected chi connectivity index (χ1v) is 7.27. The van der Waals surface area contributed by atoms with Gasteiger partial charge in [-0.2, -0.15) is 0 Å². The van der Waals surface area contributed by atoms with E-state index in [9.17, 15) is 9.59 Å². The van der Waals surface area contributed by atoms with Crippen LogP contribution in [0.3, 0.4) is 0 Å². The van der Waals surface area contributed by atoms with Gasteiger partial charge in [-0.05, 0) is 40.7 Å². The molecular weight excluding hydrogens is 266 g/mol. The fourth-order valence-electron chi connectivity index (χ4n) is 2.44. The summed E-state index contributed by atoms with van der Waals surface area (Å²) in [6.45, 7) is 8.25. The van der Waals surface area contributed by atoms with Gasteiger partial charge in [0.25, 0.3) is 0 Å². The van der Waals surface area contributed by atoms with E-state index >= 15 is 0 Å². The number of rotatable bonds is 5. The molecule has 0 atom stereocenters. The number of nitrogens with one attached hydrogen (secondary N) is 1. The zero-order valence-corrected chi connectivity index (χ0v) is 13.7. The molecule has 0 saturated heterocycles. The highest BCUT2D eigenvalue weighted by Gasteiger charge is 2.20. The van der Waals surface area contributed by atoms with Crippen molar-refractivity contribution in [3.63, 3.8) is 0 Å². The van der Waals surface area contributed by atoms with E-state index in [1.54, 1.807) is 7.05 Å². The minimum atomic E-state index is -0.342. The first-order chi connectivity index (χ1) is 9.81. The standard InChI is InChI=1S/C17H25NO3/c1-10(2)13-7-12(17(20)21-6)8-14(11(3)4)15(13)9-16(19)18-5/h7-8,10-11H,9H2,1-6H3,(H,18,19). The summed E-state index contributed by atoms with van der Waals surface area (Å²) in [5.41, 5.74) is 3.63. The molecule has 0 aliphatic rings. The number of methoxy groups -OCH3 is 1. The van der Waals surface area contributed by atoms with Gasteiger partial charge in [0.05, 0.1) is 19.1 Å². The van der Waals surface area contributed by atoms with Gasteiger partial charge in [0.1, 0.15) is 0 Å². The van der Waals surface area contributed by atoms with Crippen molar-refractivity contribution in [1.29, 1.82) is 0 Å². The van der Waals surface area contributed by atoms with Gasteiger partial charge in [-0.1, -0.05) is 27.7 Å². The van der Waals surface area contributed by atoms with Gasteiger partial charge in [0.2, 0.25) is 5.91 Å². The van der Waals surface area contributed by atoms with E-state index in [-0.39, 0.29) is 23.7 Å². The van der Waals surface area contributed by atoms with Gasteiger partial charge in [0.15, 0.2) is 0 Å². The van der Waals surface area contributed by atoms with Gasteiger partial charge in [-0.25, -0.2) is 4.79 Å². The molecule has 4 heteroatoms. The minimum Gasteiger partial charge on any atom is -0.465 e. The molecule has 21 heavy (non-hydrogen) atoms. The molecule has 0 aliphatic carbocycles. The summed E-state index contributed by atoms with van der Waals surface area (Å²) in [5, 5.41) is 2.66. The van der Waals surface area contributed by atoms with Crippen LogP contribution in [0.25, 0.3) is 0 Å². The second-order valence-electron chi connectivity index (χ2n) is 5.78. The normalized spacial score (nSPS) is 10.9. The van der Waals surface area contributed by atoms with Gasteiger partial charge < -0.3 is 10.1 Å². The van der Waals surface area contributed by atoms with Crippen LogP contribution < -0.4 is 5.32 Å². The Hall–Kier alpha value is -1.84. The van der Waals surface area contributed by atoms with Crippen LogP contribution >= 0.6 is 0 Å². The Labute approximate surface area is 126 Å². The third-order valence-electron chi connectivity index (χ3n) is 3.60. The first kappa shape index (κ1) is 17.2. The second-order valence-corrected chi connectivity index (χ2v) is 5.78. The van der Waals surface area contributed by atoms with E-state index < -0.39 is 0 Å². The molecule has 116 valence electrons. The van der Waals surface area contributed by atoms with Crippen molar-refractivity contribution >= 4 is 11.9 Å². The largest absolute Gasteiger partial charge is 0.465 e. The summed E-state index contributed by atoms with van der Waals surface area (Å²) in [6, 6.07) is 3.70. The summed E-state index contributed by atoms with van der Waals surface area (Å²) >= 11 is 0. The highest BCUT2D eigenvalue weighted by molar-refractivity contribution is 5.90. The third-order valence-corrected chi connectivity index (χ3v) is 3.60. The van der Waals surface area contributed by atoms with E-state index in [4.69, 9.17) is 4.74 Å². The number of amides is 1. The molecule has 1 rings (SSSR count). The number of carbonyl (C=O) groups is 2. The Morgan fingerprint density at radius 2 is 1.57 bits per heavy atom. The molecule has 1 N–H and O–H groups in total. The Balaban J connectivity index is 3.50. The number of carbonyl (C=O) groups excluding carboxylic acids is 2. The van der Waals surface area contributed by atoms with Crippen LogP contribution in [0.15, 0.2) is 12.1 Å².